The van der Waals surface area contributed by atoms with E-state index in [0.717, 1.165) is 17.7 Å². The number of carbonyl (C=O) groups is 1. The fourth-order valence-corrected chi connectivity index (χ4v) is 1.69. The van der Waals surface area contributed by atoms with Gasteiger partial charge in [-0.2, -0.15) is 0 Å². The van der Waals surface area contributed by atoms with Crippen molar-refractivity contribution in [2.24, 2.45) is 0 Å². The largest absolute Gasteiger partial charge is 0.367 e. The smallest absolute Gasteiger partial charge is 0.225 e. The van der Waals surface area contributed by atoms with Gasteiger partial charge in [-0.3, -0.25) is 4.79 Å². The molecule has 1 aromatic rings. The van der Waals surface area contributed by atoms with Crippen molar-refractivity contribution >= 4 is 11.8 Å². The molecule has 0 unspecified atom stereocenters. The van der Waals surface area contributed by atoms with Gasteiger partial charge in [0.2, 0.25) is 11.8 Å². The van der Waals surface area contributed by atoms with Crippen molar-refractivity contribution in [1.82, 2.24) is 10.1 Å². The summed E-state index contributed by atoms with van der Waals surface area (Å²) in [6, 6.07) is 0. The van der Waals surface area contributed by atoms with Gasteiger partial charge < -0.3 is 15.2 Å². The number of amides is 1. The van der Waals surface area contributed by atoms with E-state index in [0.29, 0.717) is 25.4 Å². The van der Waals surface area contributed by atoms with Gasteiger partial charge in [0.1, 0.15) is 5.69 Å². The minimum absolute atomic E-state index is 0.150. The van der Waals surface area contributed by atoms with Gasteiger partial charge in [0, 0.05) is 18.5 Å². The Morgan fingerprint density at radius 2 is 2.50 bits per heavy atom. The Balaban J connectivity index is 2.18. The van der Waals surface area contributed by atoms with E-state index < -0.39 is 0 Å². The molecular weight excluding hydrogens is 182 g/mol. The van der Waals surface area contributed by atoms with Crippen LogP contribution in [0.4, 0.5) is 5.88 Å². The second-order valence-electron chi connectivity index (χ2n) is 3.39. The van der Waals surface area contributed by atoms with Gasteiger partial charge in [0.25, 0.3) is 0 Å². The lowest BCUT2D eigenvalue weighted by atomic mass is 10.1. The Hall–Kier alpha value is -1.52. The van der Waals surface area contributed by atoms with Crippen LogP contribution in [0.3, 0.4) is 0 Å². The number of hydrogen-bond acceptors (Lipinski definition) is 4. The second kappa shape index (κ2) is 3.32. The third-order valence-electron chi connectivity index (χ3n) is 2.53. The monoisotopic (exact) mass is 195 g/mol. The quantitative estimate of drug-likeness (QED) is 0.710. The van der Waals surface area contributed by atoms with Crippen molar-refractivity contribution in [2.45, 2.75) is 26.3 Å². The Labute approximate surface area is 81.8 Å². The summed E-state index contributed by atoms with van der Waals surface area (Å²) in [5, 5.41) is 3.83. The summed E-state index contributed by atoms with van der Waals surface area (Å²) in [5.41, 5.74) is 7.35. The number of anilines is 1. The van der Waals surface area contributed by atoms with Crippen LogP contribution < -0.4 is 5.73 Å². The molecule has 2 rings (SSSR count). The molecule has 14 heavy (non-hydrogen) atoms. The first-order chi connectivity index (χ1) is 6.72. The molecule has 0 spiro atoms. The number of rotatable bonds is 1. The predicted molar refractivity (Wildman–Crippen MR) is 50.3 cm³/mol. The molecule has 0 fully saturated rings. The Kier molecular flexibility index (Phi) is 2.15. The summed E-state index contributed by atoms with van der Waals surface area (Å²) < 4.78 is 4.87. The number of nitrogens with two attached hydrogens (primary N) is 1. The van der Waals surface area contributed by atoms with Gasteiger partial charge in [-0.15, -0.1) is 0 Å². The molecule has 1 aromatic heterocycles. The van der Waals surface area contributed by atoms with Crippen molar-refractivity contribution < 1.29 is 9.32 Å². The molecule has 1 aliphatic heterocycles. The first-order valence-electron chi connectivity index (χ1n) is 4.73. The van der Waals surface area contributed by atoms with E-state index in [1.54, 1.807) is 4.90 Å². The van der Waals surface area contributed by atoms with Crippen LogP contribution in [0.15, 0.2) is 4.52 Å². The zero-order valence-electron chi connectivity index (χ0n) is 8.12. The minimum atomic E-state index is 0.150. The highest BCUT2D eigenvalue weighted by atomic mass is 16.5. The fourth-order valence-electron chi connectivity index (χ4n) is 1.69. The van der Waals surface area contributed by atoms with Crippen LogP contribution in [0, 0.1) is 0 Å². The van der Waals surface area contributed by atoms with Gasteiger partial charge in [-0.25, -0.2) is 0 Å². The second-order valence-corrected chi connectivity index (χ2v) is 3.39. The molecule has 1 aliphatic rings. The lowest BCUT2D eigenvalue weighted by Crippen LogP contribution is -2.35. The van der Waals surface area contributed by atoms with Crippen LogP contribution in [0.1, 0.15) is 24.6 Å². The molecule has 76 valence electrons. The van der Waals surface area contributed by atoms with Crippen molar-refractivity contribution in [3.05, 3.63) is 11.3 Å². The van der Waals surface area contributed by atoms with E-state index in [9.17, 15) is 4.79 Å². The highest BCUT2D eigenvalue weighted by Crippen LogP contribution is 2.23. The topological polar surface area (TPSA) is 72.4 Å². The average Bonchev–Trinajstić information content (AvgIpc) is 2.59. The van der Waals surface area contributed by atoms with Crippen LogP contribution in [0.2, 0.25) is 0 Å². The molecule has 5 nitrogen and oxygen atoms in total. The number of aromatic nitrogens is 1. The normalized spacial score (nSPS) is 15.4. The molecule has 2 heterocycles. The molecule has 0 atom stereocenters. The standard InChI is InChI=1S/C9H13N3O2/c1-2-8(13)12-4-3-6-7(5-12)11-14-9(6)10/h2-5,10H2,1H3. The van der Waals surface area contributed by atoms with Gasteiger partial charge in [-0.1, -0.05) is 12.1 Å². The molecule has 0 saturated heterocycles. The first-order valence-corrected chi connectivity index (χ1v) is 4.73. The first kappa shape index (κ1) is 9.05. The van der Waals surface area contributed by atoms with Crippen molar-refractivity contribution in [3.8, 4) is 0 Å². The van der Waals surface area contributed by atoms with Crippen molar-refractivity contribution in [1.29, 1.82) is 0 Å². The van der Waals surface area contributed by atoms with Crippen molar-refractivity contribution in [3.63, 3.8) is 0 Å². The zero-order valence-corrected chi connectivity index (χ0v) is 8.12. The third-order valence-corrected chi connectivity index (χ3v) is 2.53. The lowest BCUT2D eigenvalue weighted by Gasteiger charge is -2.25. The molecule has 0 aliphatic carbocycles. The van der Waals surface area contributed by atoms with E-state index in [1.165, 1.54) is 0 Å². The van der Waals surface area contributed by atoms with Crippen LogP contribution in [0.5, 0.6) is 0 Å². The predicted octanol–water partition coefficient (Wildman–Crippen LogP) is 0.551. The molecule has 2 N–H and O–H groups in total. The number of nitrogens with zero attached hydrogens (tertiary/aromatic N) is 2. The third kappa shape index (κ3) is 1.34. The summed E-state index contributed by atoms with van der Waals surface area (Å²) in [5.74, 6) is 0.542. The SMILES string of the molecule is CCC(=O)N1CCc2c(noc2N)C1. The van der Waals surface area contributed by atoms with E-state index in [1.807, 2.05) is 6.92 Å². The number of hydrogen-bond donors (Lipinski definition) is 1. The van der Waals surface area contributed by atoms with Crippen LogP contribution in [-0.2, 0) is 17.8 Å². The maximum atomic E-state index is 11.4. The highest BCUT2D eigenvalue weighted by Gasteiger charge is 2.24. The summed E-state index contributed by atoms with van der Waals surface area (Å²) in [4.78, 5) is 13.2. The minimum Gasteiger partial charge on any atom is -0.367 e. The maximum absolute atomic E-state index is 11.4. The molecule has 0 radical (unpaired) electrons. The van der Waals surface area contributed by atoms with Gasteiger partial charge in [0.05, 0.1) is 6.54 Å². The molecular formula is C9H13N3O2. The lowest BCUT2D eigenvalue weighted by molar-refractivity contribution is -0.131. The Morgan fingerprint density at radius 1 is 1.71 bits per heavy atom. The molecule has 0 aromatic carbocycles. The van der Waals surface area contributed by atoms with E-state index >= 15 is 0 Å². The van der Waals surface area contributed by atoms with Crippen molar-refractivity contribution in [2.75, 3.05) is 12.3 Å². The van der Waals surface area contributed by atoms with Crippen LogP contribution in [0.25, 0.3) is 0 Å². The van der Waals surface area contributed by atoms with Gasteiger partial charge in [-0.05, 0) is 6.42 Å². The maximum Gasteiger partial charge on any atom is 0.225 e. The molecule has 1 amide bonds. The average molecular weight is 195 g/mol. The van der Waals surface area contributed by atoms with E-state index in [2.05, 4.69) is 5.16 Å². The summed E-state index contributed by atoms with van der Waals surface area (Å²) in [7, 11) is 0. The Morgan fingerprint density at radius 3 is 3.21 bits per heavy atom. The number of carbonyl (C=O) groups excluding carboxylic acids is 1. The molecule has 0 bridgehead atoms. The summed E-state index contributed by atoms with van der Waals surface area (Å²) >= 11 is 0. The summed E-state index contributed by atoms with van der Waals surface area (Å²) in [6.07, 6.45) is 1.28. The van der Waals surface area contributed by atoms with Crippen LogP contribution in [-0.4, -0.2) is 22.5 Å². The van der Waals surface area contributed by atoms with E-state index in [-0.39, 0.29) is 5.91 Å². The Bertz CT molecular complexity index is 359. The van der Waals surface area contributed by atoms with E-state index in [4.69, 9.17) is 10.3 Å². The van der Waals surface area contributed by atoms with Gasteiger partial charge >= 0.3 is 0 Å². The molecule has 0 saturated carbocycles. The molecule has 5 heteroatoms. The number of nitrogen functional groups attached to an aromatic ring is 1. The fraction of sp³-hybridized carbons (Fsp3) is 0.556. The van der Waals surface area contributed by atoms with Gasteiger partial charge in [0.15, 0.2) is 0 Å². The van der Waals surface area contributed by atoms with Crippen LogP contribution >= 0.6 is 0 Å². The summed E-state index contributed by atoms with van der Waals surface area (Å²) in [6.45, 7) is 3.10. The highest BCUT2D eigenvalue weighted by molar-refractivity contribution is 5.76. The zero-order chi connectivity index (χ0) is 10.1. The number of fused-ring (bicyclic) bond motifs is 1.